The topological polar surface area (TPSA) is 17.8 Å². The Balaban J connectivity index is 2.21. The SMILES string of the molecule is C[Si](C)(Cn1ccnc1)c1ccc(Cl)cc1. The molecule has 1 aromatic carbocycles. The van der Waals surface area contributed by atoms with Gasteiger partial charge in [0.25, 0.3) is 0 Å². The van der Waals surface area contributed by atoms with Crippen molar-refractivity contribution in [2.45, 2.75) is 19.3 Å². The molecule has 0 saturated heterocycles. The van der Waals surface area contributed by atoms with Crippen LogP contribution in [0.2, 0.25) is 18.1 Å². The van der Waals surface area contributed by atoms with Crippen LogP contribution >= 0.6 is 11.6 Å². The summed E-state index contributed by atoms with van der Waals surface area (Å²) in [7, 11) is -1.44. The summed E-state index contributed by atoms with van der Waals surface area (Å²) in [6, 6.07) is 8.23. The van der Waals surface area contributed by atoms with E-state index in [9.17, 15) is 0 Å². The Bertz CT molecular complexity index is 448. The summed E-state index contributed by atoms with van der Waals surface area (Å²) in [6.45, 7) is 4.71. The maximum Gasteiger partial charge on any atom is 0.102 e. The van der Waals surface area contributed by atoms with Crippen molar-refractivity contribution in [1.82, 2.24) is 9.55 Å². The van der Waals surface area contributed by atoms with Gasteiger partial charge in [-0.3, -0.25) is 0 Å². The van der Waals surface area contributed by atoms with Gasteiger partial charge in [-0.05, 0) is 12.1 Å². The fraction of sp³-hybridized carbons (Fsp3) is 0.250. The van der Waals surface area contributed by atoms with Gasteiger partial charge in [0.15, 0.2) is 0 Å². The molecule has 0 aliphatic rings. The third kappa shape index (κ3) is 2.54. The lowest BCUT2D eigenvalue weighted by Gasteiger charge is -2.23. The zero-order valence-electron chi connectivity index (χ0n) is 9.52. The lowest BCUT2D eigenvalue weighted by molar-refractivity contribution is 0.855. The Kier molecular flexibility index (Phi) is 3.17. The molecular weight excluding hydrogens is 236 g/mol. The van der Waals surface area contributed by atoms with E-state index in [1.54, 1.807) is 0 Å². The molecule has 0 N–H and O–H groups in total. The molecule has 2 rings (SSSR count). The average molecular weight is 251 g/mol. The second-order valence-electron chi connectivity index (χ2n) is 4.63. The molecule has 4 heteroatoms. The van der Waals surface area contributed by atoms with E-state index in [0.717, 1.165) is 11.2 Å². The molecule has 2 nitrogen and oxygen atoms in total. The highest BCUT2D eigenvalue weighted by Gasteiger charge is 2.23. The molecular formula is C12H15ClN2Si. The molecule has 0 unspecified atom stereocenters. The Labute approximate surface area is 102 Å². The Hall–Kier alpha value is -1.06. The van der Waals surface area contributed by atoms with Gasteiger partial charge in [0.1, 0.15) is 8.07 Å². The fourth-order valence-corrected chi connectivity index (χ4v) is 4.31. The van der Waals surface area contributed by atoms with Crippen LogP contribution in [0, 0.1) is 0 Å². The van der Waals surface area contributed by atoms with Crippen LogP contribution in [0.25, 0.3) is 0 Å². The number of aromatic nitrogens is 2. The molecule has 1 aromatic heterocycles. The normalized spacial score (nSPS) is 11.7. The lowest BCUT2D eigenvalue weighted by atomic mass is 10.4. The van der Waals surface area contributed by atoms with Crippen molar-refractivity contribution in [2.75, 3.05) is 0 Å². The Morgan fingerprint density at radius 3 is 2.50 bits per heavy atom. The smallest absolute Gasteiger partial charge is 0.102 e. The first-order chi connectivity index (χ1) is 7.58. The summed E-state index contributed by atoms with van der Waals surface area (Å²) in [5, 5.41) is 2.22. The number of halogens is 1. The predicted molar refractivity (Wildman–Crippen MR) is 70.8 cm³/mol. The van der Waals surface area contributed by atoms with Gasteiger partial charge in [-0.15, -0.1) is 0 Å². The molecule has 2 aromatic rings. The second-order valence-corrected chi connectivity index (χ2v) is 9.72. The summed E-state index contributed by atoms with van der Waals surface area (Å²) in [5.74, 6) is 0. The van der Waals surface area contributed by atoms with Gasteiger partial charge in [0, 0.05) is 23.6 Å². The molecule has 0 bridgehead atoms. The van der Waals surface area contributed by atoms with Gasteiger partial charge >= 0.3 is 0 Å². The minimum atomic E-state index is -1.44. The van der Waals surface area contributed by atoms with Crippen molar-refractivity contribution in [3.05, 3.63) is 48.0 Å². The molecule has 0 atom stereocenters. The van der Waals surface area contributed by atoms with Crippen LogP contribution in [0.5, 0.6) is 0 Å². The molecule has 0 spiro atoms. The van der Waals surface area contributed by atoms with E-state index in [2.05, 4.69) is 34.8 Å². The van der Waals surface area contributed by atoms with Crippen molar-refractivity contribution in [1.29, 1.82) is 0 Å². The van der Waals surface area contributed by atoms with Crippen LogP contribution in [-0.4, -0.2) is 17.6 Å². The molecule has 0 radical (unpaired) electrons. The predicted octanol–water partition coefficient (Wildman–Crippen LogP) is 2.69. The highest BCUT2D eigenvalue weighted by Crippen LogP contribution is 2.10. The number of imidazole rings is 1. The monoisotopic (exact) mass is 250 g/mol. The van der Waals surface area contributed by atoms with Crippen LogP contribution in [0.15, 0.2) is 43.0 Å². The summed E-state index contributed by atoms with van der Waals surface area (Å²) in [5.41, 5.74) is 0. The minimum absolute atomic E-state index is 0.802. The van der Waals surface area contributed by atoms with Crippen LogP contribution in [0.1, 0.15) is 0 Å². The van der Waals surface area contributed by atoms with Crippen molar-refractivity contribution >= 4 is 24.9 Å². The van der Waals surface area contributed by atoms with Gasteiger partial charge in [0.2, 0.25) is 0 Å². The molecule has 0 fully saturated rings. The van der Waals surface area contributed by atoms with E-state index in [0.29, 0.717) is 0 Å². The Morgan fingerprint density at radius 1 is 1.25 bits per heavy atom. The summed E-state index contributed by atoms with van der Waals surface area (Å²) in [6.07, 6.45) is 6.77. The summed E-state index contributed by atoms with van der Waals surface area (Å²) in [4.78, 5) is 4.08. The number of hydrogen-bond donors (Lipinski definition) is 0. The molecule has 0 saturated carbocycles. The number of nitrogens with zero attached hydrogens (tertiary/aromatic N) is 2. The van der Waals surface area contributed by atoms with E-state index >= 15 is 0 Å². The second kappa shape index (κ2) is 4.43. The standard InChI is InChI=1S/C12H15ClN2Si/c1-16(2,10-15-8-7-14-9-15)12-5-3-11(13)4-6-12/h3-9H,10H2,1-2H3. The highest BCUT2D eigenvalue weighted by atomic mass is 35.5. The van der Waals surface area contributed by atoms with Crippen molar-refractivity contribution < 1.29 is 0 Å². The summed E-state index contributed by atoms with van der Waals surface area (Å²) >= 11 is 5.90. The lowest BCUT2D eigenvalue weighted by Crippen LogP contribution is -2.45. The number of hydrogen-bond acceptors (Lipinski definition) is 1. The van der Waals surface area contributed by atoms with E-state index in [-0.39, 0.29) is 0 Å². The molecule has 1 heterocycles. The first kappa shape index (κ1) is 11.4. The van der Waals surface area contributed by atoms with Gasteiger partial charge in [0.05, 0.1) is 6.33 Å². The molecule has 0 amide bonds. The van der Waals surface area contributed by atoms with Crippen LogP contribution in [0.3, 0.4) is 0 Å². The van der Waals surface area contributed by atoms with Gasteiger partial charge < -0.3 is 4.57 Å². The van der Waals surface area contributed by atoms with Crippen molar-refractivity contribution in [3.8, 4) is 0 Å². The Morgan fingerprint density at radius 2 is 1.94 bits per heavy atom. The van der Waals surface area contributed by atoms with E-state index in [4.69, 9.17) is 11.6 Å². The molecule has 0 aliphatic heterocycles. The molecule has 16 heavy (non-hydrogen) atoms. The summed E-state index contributed by atoms with van der Waals surface area (Å²) < 4.78 is 2.15. The minimum Gasteiger partial charge on any atom is -0.340 e. The quantitative estimate of drug-likeness (QED) is 0.766. The van der Waals surface area contributed by atoms with E-state index in [1.165, 1.54) is 5.19 Å². The third-order valence-corrected chi connectivity index (χ3v) is 6.07. The van der Waals surface area contributed by atoms with Crippen molar-refractivity contribution in [3.63, 3.8) is 0 Å². The first-order valence-corrected chi connectivity index (χ1v) is 8.88. The van der Waals surface area contributed by atoms with Gasteiger partial charge in [-0.25, -0.2) is 4.98 Å². The molecule has 0 aliphatic carbocycles. The van der Waals surface area contributed by atoms with Crippen molar-refractivity contribution in [2.24, 2.45) is 0 Å². The molecule has 84 valence electrons. The largest absolute Gasteiger partial charge is 0.340 e. The van der Waals surface area contributed by atoms with Crippen LogP contribution in [0.4, 0.5) is 0 Å². The third-order valence-electron chi connectivity index (χ3n) is 2.76. The van der Waals surface area contributed by atoms with Gasteiger partial charge in [-0.2, -0.15) is 0 Å². The number of rotatable bonds is 3. The average Bonchev–Trinajstić information content (AvgIpc) is 2.70. The zero-order valence-corrected chi connectivity index (χ0v) is 11.3. The highest BCUT2D eigenvalue weighted by molar-refractivity contribution is 6.88. The maximum atomic E-state index is 5.90. The van der Waals surface area contributed by atoms with Gasteiger partial charge in [-0.1, -0.05) is 42.0 Å². The number of benzene rings is 1. The van der Waals surface area contributed by atoms with Crippen LogP contribution < -0.4 is 5.19 Å². The van der Waals surface area contributed by atoms with E-state index in [1.807, 2.05) is 30.9 Å². The fourth-order valence-electron chi connectivity index (χ4n) is 1.83. The maximum absolute atomic E-state index is 5.90. The van der Waals surface area contributed by atoms with E-state index < -0.39 is 8.07 Å². The van der Waals surface area contributed by atoms with Crippen LogP contribution in [-0.2, 0) is 6.17 Å². The first-order valence-electron chi connectivity index (χ1n) is 5.30. The zero-order chi connectivity index (χ0) is 11.6.